The Bertz CT molecular complexity index is 320. The number of methoxy groups -OCH3 is 1. The van der Waals surface area contributed by atoms with Gasteiger partial charge in [-0.25, -0.2) is 0 Å². The molecule has 0 aromatic heterocycles. The molecule has 2 aliphatic rings. The van der Waals surface area contributed by atoms with Crippen LogP contribution in [0.1, 0.15) is 39.0 Å². The third-order valence-electron chi connectivity index (χ3n) is 4.57. The van der Waals surface area contributed by atoms with E-state index in [-0.39, 0.29) is 36.8 Å². The molecule has 2 heterocycles. The maximum Gasteiger partial charge on any atom is 0.252 e. The van der Waals surface area contributed by atoms with Gasteiger partial charge in [0, 0.05) is 19.7 Å². The third kappa shape index (κ3) is 5.85. The molecule has 2 rings (SSSR count). The summed E-state index contributed by atoms with van der Waals surface area (Å²) in [5, 5.41) is 6.43. The normalized spacial score (nSPS) is 22.8. The minimum absolute atomic E-state index is 0. The molecule has 22 heavy (non-hydrogen) atoms. The summed E-state index contributed by atoms with van der Waals surface area (Å²) in [5.41, 5.74) is -0.624. The number of halogens is 2. The molecular formula is C15H31Cl2N3O2. The van der Waals surface area contributed by atoms with Crippen LogP contribution in [0.3, 0.4) is 0 Å². The smallest absolute Gasteiger partial charge is 0.252 e. The molecule has 132 valence electrons. The molecular weight excluding hydrogens is 325 g/mol. The Kier molecular flexibility index (Phi) is 10.6. The van der Waals surface area contributed by atoms with E-state index in [4.69, 9.17) is 4.74 Å². The molecule has 2 fully saturated rings. The van der Waals surface area contributed by atoms with Crippen LogP contribution in [0, 0.1) is 0 Å². The summed E-state index contributed by atoms with van der Waals surface area (Å²) in [5.74, 6) is 0.0611. The predicted octanol–water partition coefficient (Wildman–Crippen LogP) is 1.59. The van der Waals surface area contributed by atoms with Crippen LogP contribution in [0.4, 0.5) is 0 Å². The van der Waals surface area contributed by atoms with Crippen molar-refractivity contribution in [3.05, 3.63) is 0 Å². The van der Waals surface area contributed by atoms with Gasteiger partial charge in [-0.05, 0) is 58.8 Å². The van der Waals surface area contributed by atoms with Crippen LogP contribution >= 0.6 is 24.8 Å². The Morgan fingerprint density at radius 2 is 1.82 bits per heavy atom. The number of piperidine rings is 2. The van der Waals surface area contributed by atoms with Crippen LogP contribution in [-0.2, 0) is 9.53 Å². The van der Waals surface area contributed by atoms with E-state index in [0.717, 1.165) is 32.5 Å². The largest absolute Gasteiger partial charge is 0.368 e. The van der Waals surface area contributed by atoms with E-state index in [2.05, 4.69) is 22.5 Å². The molecule has 0 aromatic carbocycles. The first-order chi connectivity index (χ1) is 9.66. The molecule has 1 amide bonds. The highest BCUT2D eigenvalue weighted by Crippen LogP contribution is 2.22. The van der Waals surface area contributed by atoms with E-state index in [1.165, 1.54) is 32.4 Å². The number of rotatable bonds is 5. The monoisotopic (exact) mass is 355 g/mol. The summed E-state index contributed by atoms with van der Waals surface area (Å²) in [6.07, 6.45) is 5.43. The molecule has 0 bridgehead atoms. The second-order valence-corrected chi connectivity index (χ2v) is 6.18. The number of carbonyl (C=O) groups excluding carboxylic acids is 1. The molecule has 1 atom stereocenters. The van der Waals surface area contributed by atoms with Crippen molar-refractivity contribution in [2.24, 2.45) is 0 Å². The van der Waals surface area contributed by atoms with Crippen LogP contribution in [0.5, 0.6) is 0 Å². The predicted molar refractivity (Wildman–Crippen MR) is 94.2 cm³/mol. The van der Waals surface area contributed by atoms with Crippen LogP contribution in [0.2, 0.25) is 0 Å². The van der Waals surface area contributed by atoms with Gasteiger partial charge in [-0.15, -0.1) is 24.8 Å². The molecule has 7 heteroatoms. The summed E-state index contributed by atoms with van der Waals surface area (Å²) in [7, 11) is 1.65. The average Bonchev–Trinajstić information content (AvgIpc) is 2.48. The summed E-state index contributed by atoms with van der Waals surface area (Å²) < 4.78 is 5.57. The van der Waals surface area contributed by atoms with Gasteiger partial charge in [-0.2, -0.15) is 0 Å². The lowest BCUT2D eigenvalue weighted by molar-refractivity contribution is -0.147. The summed E-state index contributed by atoms with van der Waals surface area (Å²) in [4.78, 5) is 15.0. The Hall–Kier alpha value is -0.0700. The first kappa shape index (κ1) is 21.9. The van der Waals surface area contributed by atoms with Crippen molar-refractivity contribution in [3.63, 3.8) is 0 Å². The van der Waals surface area contributed by atoms with Crippen LogP contribution in [0.15, 0.2) is 0 Å². The number of nitrogens with zero attached hydrogens (tertiary/aromatic N) is 1. The molecule has 0 saturated carbocycles. The lowest BCUT2D eigenvalue weighted by Gasteiger charge is -2.36. The Labute approximate surface area is 146 Å². The third-order valence-corrected chi connectivity index (χ3v) is 4.57. The zero-order valence-electron chi connectivity index (χ0n) is 13.7. The fourth-order valence-electron chi connectivity index (χ4n) is 3.28. The average molecular weight is 356 g/mol. The van der Waals surface area contributed by atoms with E-state index < -0.39 is 5.60 Å². The van der Waals surface area contributed by atoms with Crippen molar-refractivity contribution in [1.82, 2.24) is 15.5 Å². The van der Waals surface area contributed by atoms with E-state index in [0.29, 0.717) is 0 Å². The number of ether oxygens (including phenoxy) is 1. The highest BCUT2D eigenvalue weighted by atomic mass is 35.5. The molecule has 0 aliphatic carbocycles. The van der Waals surface area contributed by atoms with E-state index in [9.17, 15) is 4.79 Å². The first-order valence-corrected chi connectivity index (χ1v) is 7.95. The van der Waals surface area contributed by atoms with Crippen molar-refractivity contribution < 1.29 is 9.53 Å². The van der Waals surface area contributed by atoms with Gasteiger partial charge >= 0.3 is 0 Å². The van der Waals surface area contributed by atoms with Gasteiger partial charge in [0.2, 0.25) is 0 Å². The van der Waals surface area contributed by atoms with Gasteiger partial charge in [-0.3, -0.25) is 4.79 Å². The molecule has 0 spiro atoms. The van der Waals surface area contributed by atoms with Gasteiger partial charge in [0.1, 0.15) is 5.60 Å². The van der Waals surface area contributed by atoms with Crippen molar-refractivity contribution in [2.75, 3.05) is 39.8 Å². The summed E-state index contributed by atoms with van der Waals surface area (Å²) in [6.45, 7) is 7.07. The Balaban J connectivity index is 0.00000220. The number of carbonyl (C=O) groups is 1. The molecule has 2 saturated heterocycles. The quantitative estimate of drug-likeness (QED) is 0.786. The fraction of sp³-hybridized carbons (Fsp3) is 0.933. The van der Waals surface area contributed by atoms with Gasteiger partial charge in [0.25, 0.3) is 5.91 Å². The van der Waals surface area contributed by atoms with Crippen LogP contribution in [0.25, 0.3) is 0 Å². The van der Waals surface area contributed by atoms with Gasteiger partial charge < -0.3 is 20.3 Å². The molecule has 0 radical (unpaired) electrons. The van der Waals surface area contributed by atoms with Gasteiger partial charge in [0.05, 0.1) is 0 Å². The number of likely N-dealkylation sites (tertiary alicyclic amines) is 1. The lowest BCUT2D eigenvalue weighted by atomic mass is 9.91. The zero-order valence-corrected chi connectivity index (χ0v) is 15.4. The topological polar surface area (TPSA) is 53.6 Å². The number of hydrogen-bond acceptors (Lipinski definition) is 4. The second kappa shape index (κ2) is 10.7. The Morgan fingerprint density at radius 3 is 2.36 bits per heavy atom. The summed E-state index contributed by atoms with van der Waals surface area (Å²) in [6, 6.07) is 0.183. The highest BCUT2D eigenvalue weighted by molar-refractivity contribution is 5.86. The summed E-state index contributed by atoms with van der Waals surface area (Å²) >= 11 is 0. The number of amides is 1. The van der Waals surface area contributed by atoms with Crippen molar-refractivity contribution >= 4 is 30.7 Å². The SMILES string of the molecule is COC1(C(=O)NC(C)CN2CCCCC2)CCNCC1.Cl.Cl. The van der Waals surface area contributed by atoms with Crippen molar-refractivity contribution in [3.8, 4) is 0 Å². The standard InChI is InChI=1S/C15H29N3O2.2ClH/c1-13(12-18-10-4-3-5-11-18)17-14(19)15(20-2)6-8-16-9-7-15;;/h13,16H,3-12H2,1-2H3,(H,17,19);2*1H. The van der Waals surface area contributed by atoms with E-state index in [1.54, 1.807) is 7.11 Å². The van der Waals surface area contributed by atoms with E-state index >= 15 is 0 Å². The molecule has 2 N–H and O–H groups in total. The van der Waals surface area contributed by atoms with E-state index in [1.807, 2.05) is 0 Å². The highest BCUT2D eigenvalue weighted by Gasteiger charge is 2.40. The fourth-order valence-corrected chi connectivity index (χ4v) is 3.28. The van der Waals surface area contributed by atoms with Gasteiger partial charge in [0.15, 0.2) is 0 Å². The second-order valence-electron chi connectivity index (χ2n) is 6.18. The molecule has 2 aliphatic heterocycles. The zero-order chi connectivity index (χ0) is 14.4. The lowest BCUT2D eigenvalue weighted by Crippen LogP contribution is -2.57. The minimum atomic E-state index is -0.624. The maximum absolute atomic E-state index is 12.5. The first-order valence-electron chi connectivity index (χ1n) is 7.95. The molecule has 5 nitrogen and oxygen atoms in total. The van der Waals surface area contributed by atoms with Gasteiger partial charge in [-0.1, -0.05) is 6.42 Å². The number of nitrogens with one attached hydrogen (secondary N) is 2. The van der Waals surface area contributed by atoms with Crippen molar-refractivity contribution in [2.45, 2.75) is 50.7 Å². The minimum Gasteiger partial charge on any atom is -0.368 e. The van der Waals surface area contributed by atoms with Crippen molar-refractivity contribution in [1.29, 1.82) is 0 Å². The maximum atomic E-state index is 12.5. The number of hydrogen-bond donors (Lipinski definition) is 2. The molecule has 0 aromatic rings. The van der Waals surface area contributed by atoms with Crippen LogP contribution in [-0.4, -0.2) is 62.3 Å². The van der Waals surface area contributed by atoms with Crippen LogP contribution < -0.4 is 10.6 Å². The molecule has 1 unspecified atom stereocenters. The Morgan fingerprint density at radius 1 is 1.23 bits per heavy atom.